The first-order valence-electron chi connectivity index (χ1n) is 9.69. The number of fused-ring (bicyclic) bond motifs is 1. The standard InChI is InChI=1S/C22H19ClN4O3S/c1-12(2)18(27-20(29)15-5-3-4-6-16(15)21(27)30)19(28)24-22-26-25-17(31-22)11-13-7-9-14(23)10-8-13/h3-10,12,18H,11H2,1-2H3,(H,24,26,28). The van der Waals surface area contributed by atoms with Crippen molar-refractivity contribution in [1.82, 2.24) is 15.1 Å². The number of halogens is 1. The topological polar surface area (TPSA) is 92.3 Å². The summed E-state index contributed by atoms with van der Waals surface area (Å²) in [5, 5.41) is 12.6. The van der Waals surface area contributed by atoms with Gasteiger partial charge in [-0.15, -0.1) is 10.2 Å². The van der Waals surface area contributed by atoms with Gasteiger partial charge in [0.1, 0.15) is 11.0 Å². The Labute approximate surface area is 188 Å². The Morgan fingerprint density at radius 2 is 1.65 bits per heavy atom. The normalized spacial score (nSPS) is 14.1. The van der Waals surface area contributed by atoms with Gasteiger partial charge >= 0.3 is 0 Å². The first kappa shape index (κ1) is 21.1. The maximum Gasteiger partial charge on any atom is 0.262 e. The summed E-state index contributed by atoms with van der Waals surface area (Å²) < 4.78 is 0. The van der Waals surface area contributed by atoms with E-state index in [2.05, 4.69) is 15.5 Å². The van der Waals surface area contributed by atoms with Gasteiger partial charge in [0.05, 0.1) is 11.1 Å². The molecule has 0 saturated carbocycles. The zero-order valence-corrected chi connectivity index (χ0v) is 18.4. The molecule has 0 radical (unpaired) electrons. The van der Waals surface area contributed by atoms with E-state index in [0.717, 1.165) is 15.5 Å². The molecule has 1 aromatic heterocycles. The summed E-state index contributed by atoms with van der Waals surface area (Å²) in [6.45, 7) is 3.58. The molecule has 31 heavy (non-hydrogen) atoms. The van der Waals surface area contributed by atoms with Crippen LogP contribution < -0.4 is 5.32 Å². The SMILES string of the molecule is CC(C)C(C(=O)Nc1nnc(Cc2ccc(Cl)cc2)s1)N1C(=O)c2ccccc2C1=O. The van der Waals surface area contributed by atoms with E-state index in [1.54, 1.807) is 50.2 Å². The van der Waals surface area contributed by atoms with Crippen molar-refractivity contribution in [3.8, 4) is 0 Å². The highest BCUT2D eigenvalue weighted by molar-refractivity contribution is 7.15. The molecule has 1 aliphatic heterocycles. The number of benzene rings is 2. The monoisotopic (exact) mass is 454 g/mol. The smallest absolute Gasteiger partial charge is 0.262 e. The zero-order valence-electron chi connectivity index (χ0n) is 16.8. The van der Waals surface area contributed by atoms with Gasteiger partial charge in [-0.05, 0) is 35.7 Å². The molecule has 158 valence electrons. The fraction of sp³-hybridized carbons (Fsp3) is 0.227. The first-order chi connectivity index (χ1) is 14.8. The van der Waals surface area contributed by atoms with Crippen LogP contribution in [0.3, 0.4) is 0 Å². The van der Waals surface area contributed by atoms with Crippen molar-refractivity contribution in [2.75, 3.05) is 5.32 Å². The van der Waals surface area contributed by atoms with Gasteiger partial charge < -0.3 is 0 Å². The molecule has 0 aliphatic carbocycles. The molecule has 4 rings (SSSR count). The Morgan fingerprint density at radius 3 is 2.23 bits per heavy atom. The number of amides is 3. The number of aromatic nitrogens is 2. The minimum atomic E-state index is -0.962. The highest BCUT2D eigenvalue weighted by atomic mass is 35.5. The van der Waals surface area contributed by atoms with Crippen LogP contribution in [0, 0.1) is 5.92 Å². The molecule has 0 spiro atoms. The largest absolute Gasteiger partial charge is 0.299 e. The van der Waals surface area contributed by atoms with Gasteiger partial charge in [0, 0.05) is 11.4 Å². The summed E-state index contributed by atoms with van der Waals surface area (Å²) in [5.41, 5.74) is 1.64. The van der Waals surface area contributed by atoms with Crippen LogP contribution in [0.1, 0.15) is 45.1 Å². The minimum Gasteiger partial charge on any atom is -0.299 e. The lowest BCUT2D eigenvalue weighted by Crippen LogP contribution is -2.50. The average Bonchev–Trinajstić information content (AvgIpc) is 3.28. The van der Waals surface area contributed by atoms with Crippen LogP contribution in [-0.4, -0.2) is 38.9 Å². The predicted molar refractivity (Wildman–Crippen MR) is 118 cm³/mol. The predicted octanol–water partition coefficient (Wildman–Crippen LogP) is 4.04. The molecule has 9 heteroatoms. The van der Waals surface area contributed by atoms with E-state index in [1.807, 2.05) is 12.1 Å². The highest BCUT2D eigenvalue weighted by Gasteiger charge is 2.44. The number of anilines is 1. The Bertz CT molecular complexity index is 1120. The molecule has 0 saturated heterocycles. The summed E-state index contributed by atoms with van der Waals surface area (Å²) in [6, 6.07) is 13.0. The molecule has 2 heterocycles. The molecule has 0 fully saturated rings. The molecule has 1 atom stereocenters. The van der Waals surface area contributed by atoms with E-state index in [4.69, 9.17) is 11.6 Å². The van der Waals surface area contributed by atoms with Crippen LogP contribution in [-0.2, 0) is 11.2 Å². The van der Waals surface area contributed by atoms with E-state index in [9.17, 15) is 14.4 Å². The highest BCUT2D eigenvalue weighted by Crippen LogP contribution is 2.28. The summed E-state index contributed by atoms with van der Waals surface area (Å²) in [7, 11) is 0. The average molecular weight is 455 g/mol. The fourth-order valence-corrected chi connectivity index (χ4v) is 4.41. The summed E-state index contributed by atoms with van der Waals surface area (Å²) in [4.78, 5) is 39.8. The third kappa shape index (κ3) is 4.22. The van der Waals surface area contributed by atoms with Crippen molar-refractivity contribution in [2.24, 2.45) is 5.92 Å². The van der Waals surface area contributed by atoms with Crippen molar-refractivity contribution in [3.05, 3.63) is 75.3 Å². The fourth-order valence-electron chi connectivity index (χ4n) is 3.51. The maximum atomic E-state index is 13.1. The van der Waals surface area contributed by atoms with Gasteiger partial charge in [0.15, 0.2) is 0 Å². The number of carbonyl (C=O) groups is 3. The van der Waals surface area contributed by atoms with Gasteiger partial charge in [-0.2, -0.15) is 0 Å². The van der Waals surface area contributed by atoms with Crippen LogP contribution in [0.25, 0.3) is 0 Å². The number of carbonyl (C=O) groups excluding carboxylic acids is 3. The first-order valence-corrected chi connectivity index (χ1v) is 10.9. The van der Waals surface area contributed by atoms with Crippen molar-refractivity contribution >= 4 is 45.8 Å². The molecular formula is C22H19ClN4O3S. The van der Waals surface area contributed by atoms with E-state index in [1.165, 1.54) is 11.3 Å². The van der Waals surface area contributed by atoms with Crippen molar-refractivity contribution < 1.29 is 14.4 Å². The van der Waals surface area contributed by atoms with Crippen LogP contribution in [0.2, 0.25) is 5.02 Å². The number of nitrogens with one attached hydrogen (secondary N) is 1. The van der Waals surface area contributed by atoms with E-state index < -0.39 is 23.8 Å². The Kier molecular flexibility index (Phi) is 5.84. The Hall–Kier alpha value is -3.10. The molecule has 3 aromatic rings. The minimum absolute atomic E-state index is 0.288. The second kappa shape index (κ2) is 8.56. The third-order valence-corrected chi connectivity index (χ3v) is 6.06. The van der Waals surface area contributed by atoms with Crippen LogP contribution >= 0.6 is 22.9 Å². The number of nitrogens with zero attached hydrogens (tertiary/aromatic N) is 3. The van der Waals surface area contributed by atoms with Gasteiger partial charge in [0.2, 0.25) is 11.0 Å². The van der Waals surface area contributed by atoms with Crippen molar-refractivity contribution in [3.63, 3.8) is 0 Å². The molecule has 1 unspecified atom stereocenters. The van der Waals surface area contributed by atoms with Crippen molar-refractivity contribution in [2.45, 2.75) is 26.3 Å². The Balaban J connectivity index is 1.50. The lowest BCUT2D eigenvalue weighted by molar-refractivity contribution is -0.121. The van der Waals surface area contributed by atoms with Crippen molar-refractivity contribution in [1.29, 1.82) is 0 Å². The van der Waals surface area contributed by atoms with Crippen LogP contribution in [0.15, 0.2) is 48.5 Å². The number of hydrogen-bond acceptors (Lipinski definition) is 6. The van der Waals surface area contributed by atoms with E-state index >= 15 is 0 Å². The number of hydrogen-bond donors (Lipinski definition) is 1. The lowest BCUT2D eigenvalue weighted by Gasteiger charge is -2.27. The van der Waals surface area contributed by atoms with Crippen LogP contribution in [0.4, 0.5) is 5.13 Å². The molecule has 1 aliphatic rings. The van der Waals surface area contributed by atoms with Gasteiger partial charge in [0.25, 0.3) is 11.8 Å². The van der Waals surface area contributed by atoms with Crippen LogP contribution in [0.5, 0.6) is 0 Å². The second-order valence-corrected chi connectivity index (χ2v) is 9.01. The van der Waals surface area contributed by atoms with Gasteiger partial charge in [-0.3, -0.25) is 24.6 Å². The number of rotatable bonds is 6. The number of imide groups is 1. The molecule has 1 N–H and O–H groups in total. The molecule has 2 aromatic carbocycles. The zero-order chi connectivity index (χ0) is 22.1. The lowest BCUT2D eigenvalue weighted by atomic mass is 10.0. The summed E-state index contributed by atoms with van der Waals surface area (Å²) in [5.74, 6) is -1.69. The van der Waals surface area contributed by atoms with E-state index in [-0.39, 0.29) is 5.92 Å². The second-order valence-electron chi connectivity index (χ2n) is 7.51. The maximum absolute atomic E-state index is 13.1. The third-order valence-electron chi connectivity index (χ3n) is 4.97. The van der Waals surface area contributed by atoms with E-state index in [0.29, 0.717) is 27.7 Å². The van der Waals surface area contributed by atoms with Gasteiger partial charge in [-0.1, -0.05) is 61.1 Å². The quantitative estimate of drug-likeness (QED) is 0.567. The molecule has 3 amide bonds. The molecule has 7 nitrogen and oxygen atoms in total. The summed E-state index contributed by atoms with van der Waals surface area (Å²) >= 11 is 7.16. The summed E-state index contributed by atoms with van der Waals surface area (Å²) in [6.07, 6.45) is 0.552. The van der Waals surface area contributed by atoms with Gasteiger partial charge in [-0.25, -0.2) is 0 Å². The molecular weight excluding hydrogens is 436 g/mol. The molecule has 0 bridgehead atoms. The Morgan fingerprint density at radius 1 is 1.03 bits per heavy atom.